The highest BCUT2D eigenvalue weighted by molar-refractivity contribution is 5.88. The van der Waals surface area contributed by atoms with Crippen molar-refractivity contribution in [1.29, 1.82) is 0 Å². The lowest BCUT2D eigenvalue weighted by atomic mass is 9.84. The number of aliphatic hydroxyl groups is 3. The van der Waals surface area contributed by atoms with Crippen LogP contribution < -0.4 is 0 Å². The fourth-order valence-electron chi connectivity index (χ4n) is 2.67. The second-order valence-corrected chi connectivity index (χ2v) is 7.37. The third-order valence-corrected chi connectivity index (χ3v) is 5.28. The van der Waals surface area contributed by atoms with Crippen molar-refractivity contribution in [3.05, 3.63) is 23.3 Å². The second kappa shape index (κ2) is 11.2. The number of carbonyl (C=O) groups excluding carboxylic acids is 3. The second-order valence-electron chi connectivity index (χ2n) is 7.37. The molecule has 1 aliphatic rings. The Morgan fingerprint density at radius 1 is 0.800 bits per heavy atom. The van der Waals surface area contributed by atoms with E-state index in [0.717, 1.165) is 0 Å². The molecule has 1 saturated carbocycles. The zero-order chi connectivity index (χ0) is 23.2. The quantitative estimate of drug-likeness (QED) is 0.305. The molecule has 1 aliphatic carbocycles. The molecule has 9 heteroatoms. The SMILES string of the molecule is CC=C(C)C(=O)OC1C(O)C(O)C(OC(=O)C(C)CC)C(O)C1OC(=O)C(C)=CC. The van der Waals surface area contributed by atoms with Crippen molar-refractivity contribution in [2.45, 2.75) is 84.6 Å². The van der Waals surface area contributed by atoms with Gasteiger partial charge in [-0.2, -0.15) is 0 Å². The van der Waals surface area contributed by atoms with Crippen molar-refractivity contribution in [2.75, 3.05) is 0 Å². The van der Waals surface area contributed by atoms with Gasteiger partial charge in [-0.05, 0) is 34.1 Å². The molecule has 1 fully saturated rings. The first-order valence-electron chi connectivity index (χ1n) is 9.92. The average Bonchev–Trinajstić information content (AvgIpc) is 2.74. The maximum absolute atomic E-state index is 12.3. The van der Waals surface area contributed by atoms with Crippen LogP contribution in [-0.4, -0.2) is 69.9 Å². The molecular formula is C21H32O9. The minimum absolute atomic E-state index is 0.214. The lowest BCUT2D eigenvalue weighted by molar-refractivity contribution is -0.246. The number of aliphatic hydroxyl groups excluding tert-OH is 3. The largest absolute Gasteiger partial charge is 0.456 e. The molecule has 30 heavy (non-hydrogen) atoms. The van der Waals surface area contributed by atoms with Crippen LogP contribution in [0.1, 0.15) is 48.0 Å². The van der Waals surface area contributed by atoms with E-state index >= 15 is 0 Å². The Hall–Kier alpha value is -2.23. The van der Waals surface area contributed by atoms with Crippen molar-refractivity contribution < 1.29 is 43.9 Å². The van der Waals surface area contributed by atoms with Gasteiger partial charge in [0.25, 0.3) is 0 Å². The molecule has 0 aromatic heterocycles. The van der Waals surface area contributed by atoms with Gasteiger partial charge in [0.1, 0.15) is 18.3 Å². The molecule has 0 bridgehead atoms. The lowest BCUT2D eigenvalue weighted by Crippen LogP contribution is -2.66. The lowest BCUT2D eigenvalue weighted by Gasteiger charge is -2.44. The summed E-state index contributed by atoms with van der Waals surface area (Å²) < 4.78 is 15.7. The molecule has 7 unspecified atom stereocenters. The number of hydrogen-bond acceptors (Lipinski definition) is 9. The van der Waals surface area contributed by atoms with Crippen molar-refractivity contribution in [1.82, 2.24) is 0 Å². The summed E-state index contributed by atoms with van der Waals surface area (Å²) in [5.74, 6) is -2.84. The fraction of sp³-hybridized carbons (Fsp3) is 0.667. The summed E-state index contributed by atoms with van der Waals surface area (Å²) in [5.41, 5.74) is 0.428. The molecule has 3 N–H and O–H groups in total. The Kier molecular flexibility index (Phi) is 9.67. The summed E-state index contributed by atoms with van der Waals surface area (Å²) in [6, 6.07) is 0. The molecule has 0 heterocycles. The third-order valence-electron chi connectivity index (χ3n) is 5.28. The van der Waals surface area contributed by atoms with Crippen LogP contribution in [0.4, 0.5) is 0 Å². The highest BCUT2D eigenvalue weighted by Crippen LogP contribution is 2.30. The zero-order valence-electron chi connectivity index (χ0n) is 18.2. The molecule has 0 saturated heterocycles. The minimum atomic E-state index is -1.78. The summed E-state index contributed by atoms with van der Waals surface area (Å²) in [5, 5.41) is 31.8. The summed E-state index contributed by atoms with van der Waals surface area (Å²) >= 11 is 0. The standard InChI is InChI=1S/C21H32O9/c1-7-10(4)19(25)28-16-13(22)14(23)17(29-20(26)11(5)8-2)18(15(16)24)30-21(27)12(6)9-3/h8-10,13-18,22-24H,7H2,1-6H3. The predicted octanol–water partition coefficient (Wildman–Crippen LogP) is 0.797. The van der Waals surface area contributed by atoms with E-state index in [9.17, 15) is 29.7 Å². The molecule has 0 aliphatic heterocycles. The molecule has 1 rings (SSSR count). The van der Waals surface area contributed by atoms with Crippen LogP contribution >= 0.6 is 0 Å². The van der Waals surface area contributed by atoms with Gasteiger partial charge in [-0.25, -0.2) is 9.59 Å². The van der Waals surface area contributed by atoms with Crippen molar-refractivity contribution in [3.63, 3.8) is 0 Å². The van der Waals surface area contributed by atoms with Crippen molar-refractivity contribution >= 4 is 17.9 Å². The topological polar surface area (TPSA) is 140 Å². The Balaban J connectivity index is 3.25. The molecule has 170 valence electrons. The van der Waals surface area contributed by atoms with E-state index in [1.54, 1.807) is 27.7 Å². The Labute approximate surface area is 176 Å². The fourth-order valence-corrected chi connectivity index (χ4v) is 2.67. The maximum Gasteiger partial charge on any atom is 0.333 e. The molecule has 7 atom stereocenters. The first-order chi connectivity index (χ1) is 14.0. The Bertz CT molecular complexity index is 697. The van der Waals surface area contributed by atoms with Gasteiger partial charge < -0.3 is 29.5 Å². The molecular weight excluding hydrogens is 396 g/mol. The van der Waals surface area contributed by atoms with Crippen LogP contribution in [0.2, 0.25) is 0 Å². The van der Waals surface area contributed by atoms with Crippen LogP contribution in [0.15, 0.2) is 23.3 Å². The number of rotatable bonds is 7. The van der Waals surface area contributed by atoms with Gasteiger partial charge in [-0.15, -0.1) is 0 Å². The van der Waals surface area contributed by atoms with Gasteiger partial charge in [0.05, 0.1) is 5.92 Å². The van der Waals surface area contributed by atoms with E-state index < -0.39 is 60.4 Å². The van der Waals surface area contributed by atoms with E-state index in [0.29, 0.717) is 6.42 Å². The number of esters is 3. The van der Waals surface area contributed by atoms with Gasteiger partial charge in [0, 0.05) is 11.1 Å². The van der Waals surface area contributed by atoms with Gasteiger partial charge in [0.2, 0.25) is 0 Å². The molecule has 0 radical (unpaired) electrons. The molecule has 9 nitrogen and oxygen atoms in total. The third kappa shape index (κ3) is 5.90. The van der Waals surface area contributed by atoms with E-state index in [4.69, 9.17) is 14.2 Å². The van der Waals surface area contributed by atoms with Crippen LogP contribution in [0.3, 0.4) is 0 Å². The minimum Gasteiger partial charge on any atom is -0.456 e. The number of carbonyl (C=O) groups is 3. The van der Waals surface area contributed by atoms with Crippen molar-refractivity contribution in [3.8, 4) is 0 Å². The van der Waals surface area contributed by atoms with Crippen LogP contribution in [0, 0.1) is 5.92 Å². The van der Waals surface area contributed by atoms with Crippen LogP contribution in [-0.2, 0) is 28.6 Å². The summed E-state index contributed by atoms with van der Waals surface area (Å²) in [6.45, 7) is 9.54. The number of ether oxygens (including phenoxy) is 3. The summed E-state index contributed by atoms with van der Waals surface area (Å²) in [6.07, 6.45) is -6.60. The van der Waals surface area contributed by atoms with E-state index in [1.165, 1.54) is 26.0 Å². The number of hydrogen-bond donors (Lipinski definition) is 3. The maximum atomic E-state index is 12.3. The molecule has 0 spiro atoms. The molecule has 0 aromatic carbocycles. The molecule has 0 amide bonds. The van der Waals surface area contributed by atoms with Gasteiger partial charge >= 0.3 is 17.9 Å². The number of allylic oxidation sites excluding steroid dienone is 2. The highest BCUT2D eigenvalue weighted by atomic mass is 16.6. The van der Waals surface area contributed by atoms with Gasteiger partial charge in [-0.1, -0.05) is 26.0 Å². The van der Waals surface area contributed by atoms with Crippen molar-refractivity contribution in [2.24, 2.45) is 5.92 Å². The smallest absolute Gasteiger partial charge is 0.333 e. The average molecular weight is 428 g/mol. The predicted molar refractivity (Wildman–Crippen MR) is 106 cm³/mol. The first-order valence-corrected chi connectivity index (χ1v) is 9.92. The van der Waals surface area contributed by atoms with E-state index in [2.05, 4.69) is 0 Å². The normalized spacial score (nSPS) is 31.0. The summed E-state index contributed by atoms with van der Waals surface area (Å²) in [4.78, 5) is 36.7. The van der Waals surface area contributed by atoms with Gasteiger partial charge in [0.15, 0.2) is 18.3 Å². The van der Waals surface area contributed by atoms with E-state index in [1.807, 2.05) is 0 Å². The Morgan fingerprint density at radius 2 is 1.20 bits per heavy atom. The summed E-state index contributed by atoms with van der Waals surface area (Å²) in [7, 11) is 0. The highest BCUT2D eigenvalue weighted by Gasteiger charge is 2.55. The van der Waals surface area contributed by atoms with Crippen LogP contribution in [0.25, 0.3) is 0 Å². The first kappa shape index (κ1) is 25.8. The molecule has 0 aromatic rings. The van der Waals surface area contributed by atoms with Gasteiger partial charge in [-0.3, -0.25) is 4.79 Å². The van der Waals surface area contributed by atoms with Crippen LogP contribution in [0.5, 0.6) is 0 Å². The van der Waals surface area contributed by atoms with E-state index in [-0.39, 0.29) is 11.1 Å². The monoisotopic (exact) mass is 428 g/mol. The Morgan fingerprint density at radius 3 is 1.60 bits per heavy atom. The zero-order valence-corrected chi connectivity index (χ0v) is 18.2.